The van der Waals surface area contributed by atoms with Gasteiger partial charge in [0.15, 0.2) is 11.0 Å². The molecule has 1 N–H and O–H groups in total. The molecule has 10 heteroatoms. The monoisotopic (exact) mass is 517 g/mol. The first-order chi connectivity index (χ1) is 18.0. The van der Waals surface area contributed by atoms with Crippen molar-refractivity contribution in [2.45, 2.75) is 12.1 Å². The quantitative estimate of drug-likeness (QED) is 0.187. The highest BCUT2D eigenvalue weighted by atomic mass is 32.2. The number of carbonyl (C=O) groups excluding carboxylic acids is 1. The van der Waals surface area contributed by atoms with Crippen LogP contribution in [0.2, 0.25) is 0 Å². The number of thioether (sulfide) groups is 1. The number of rotatable bonds is 10. The zero-order valence-corrected chi connectivity index (χ0v) is 21.8. The first-order valence-corrected chi connectivity index (χ1v) is 12.4. The molecule has 9 nitrogen and oxygen atoms in total. The van der Waals surface area contributed by atoms with E-state index in [2.05, 4.69) is 20.7 Å². The van der Waals surface area contributed by atoms with E-state index in [1.807, 2.05) is 84.3 Å². The van der Waals surface area contributed by atoms with Crippen LogP contribution in [0, 0.1) is 0 Å². The molecule has 0 bridgehead atoms. The average molecular weight is 518 g/mol. The van der Waals surface area contributed by atoms with Crippen LogP contribution in [0.1, 0.15) is 12.5 Å². The Morgan fingerprint density at radius 2 is 1.38 bits per heavy atom. The lowest BCUT2D eigenvalue weighted by Crippen LogP contribution is -2.21. The van der Waals surface area contributed by atoms with Gasteiger partial charge in [0.05, 0.1) is 32.8 Å². The normalized spacial score (nSPS) is 11.2. The SMILES string of the molecule is COc1ccc(/C(C)=N/NC(=O)CSc2nnc(-c3ccc(OC)cc3)n2-c2ccc(OC)cc2)cc1. The molecule has 0 aliphatic rings. The number of benzene rings is 3. The van der Waals surface area contributed by atoms with Gasteiger partial charge in [0.2, 0.25) is 0 Å². The van der Waals surface area contributed by atoms with Crippen LogP contribution in [0.3, 0.4) is 0 Å². The lowest BCUT2D eigenvalue weighted by molar-refractivity contribution is -0.118. The molecule has 1 aromatic heterocycles. The predicted octanol–water partition coefficient (Wildman–Crippen LogP) is 4.59. The van der Waals surface area contributed by atoms with E-state index in [0.717, 1.165) is 34.1 Å². The molecule has 190 valence electrons. The van der Waals surface area contributed by atoms with Crippen molar-refractivity contribution in [3.05, 3.63) is 78.4 Å². The maximum absolute atomic E-state index is 12.6. The molecule has 0 aliphatic heterocycles. The number of hydrogen-bond donors (Lipinski definition) is 1. The van der Waals surface area contributed by atoms with Crippen molar-refractivity contribution < 1.29 is 19.0 Å². The van der Waals surface area contributed by atoms with E-state index in [9.17, 15) is 4.79 Å². The molecule has 3 aromatic carbocycles. The van der Waals surface area contributed by atoms with Crippen molar-refractivity contribution in [1.82, 2.24) is 20.2 Å². The lowest BCUT2D eigenvalue weighted by Gasteiger charge is -2.11. The Morgan fingerprint density at radius 3 is 1.95 bits per heavy atom. The second kappa shape index (κ2) is 12.1. The molecule has 1 heterocycles. The Labute approximate surface area is 219 Å². The van der Waals surface area contributed by atoms with E-state index in [1.54, 1.807) is 21.3 Å². The van der Waals surface area contributed by atoms with Crippen LogP contribution in [0.15, 0.2) is 83.1 Å². The van der Waals surface area contributed by atoms with Gasteiger partial charge in [-0.3, -0.25) is 9.36 Å². The Balaban J connectivity index is 1.52. The largest absolute Gasteiger partial charge is 0.497 e. The number of amides is 1. The van der Waals surface area contributed by atoms with Gasteiger partial charge in [-0.05, 0) is 85.3 Å². The zero-order chi connectivity index (χ0) is 26.2. The van der Waals surface area contributed by atoms with Crippen LogP contribution < -0.4 is 19.6 Å². The number of ether oxygens (including phenoxy) is 3. The molecule has 0 aliphatic carbocycles. The Bertz CT molecular complexity index is 1370. The van der Waals surface area contributed by atoms with E-state index >= 15 is 0 Å². The molecule has 0 fully saturated rings. The summed E-state index contributed by atoms with van der Waals surface area (Å²) < 4.78 is 17.7. The summed E-state index contributed by atoms with van der Waals surface area (Å²) in [6.45, 7) is 1.83. The molecule has 0 radical (unpaired) electrons. The van der Waals surface area contributed by atoms with Gasteiger partial charge in [0.1, 0.15) is 17.2 Å². The van der Waals surface area contributed by atoms with E-state index in [4.69, 9.17) is 14.2 Å². The summed E-state index contributed by atoms with van der Waals surface area (Å²) >= 11 is 1.27. The number of nitrogens with zero attached hydrogens (tertiary/aromatic N) is 4. The summed E-state index contributed by atoms with van der Waals surface area (Å²) in [5.74, 6) is 2.73. The lowest BCUT2D eigenvalue weighted by atomic mass is 10.1. The van der Waals surface area contributed by atoms with Gasteiger partial charge >= 0.3 is 0 Å². The standard InChI is InChI=1S/C27H27N5O4S/c1-18(19-5-11-22(34-2)12-6-19)28-29-25(33)17-37-27-31-30-26(20-7-13-23(35-3)14-8-20)32(27)21-9-15-24(36-4)16-10-21/h5-16H,17H2,1-4H3,(H,29,33)/b28-18+. The van der Waals surface area contributed by atoms with Gasteiger partial charge in [-0.25, -0.2) is 5.43 Å². The topological polar surface area (TPSA) is 99.9 Å². The van der Waals surface area contributed by atoms with E-state index in [-0.39, 0.29) is 11.7 Å². The molecule has 0 saturated heterocycles. The third-order valence-electron chi connectivity index (χ3n) is 5.50. The summed E-state index contributed by atoms with van der Waals surface area (Å²) in [7, 11) is 4.86. The predicted molar refractivity (Wildman–Crippen MR) is 144 cm³/mol. The maximum Gasteiger partial charge on any atom is 0.250 e. The molecule has 0 spiro atoms. The summed E-state index contributed by atoms with van der Waals surface area (Å²) in [5, 5.41) is 13.6. The van der Waals surface area contributed by atoms with E-state index in [0.29, 0.717) is 16.7 Å². The molecule has 0 saturated carbocycles. The highest BCUT2D eigenvalue weighted by Gasteiger charge is 2.18. The van der Waals surface area contributed by atoms with E-state index < -0.39 is 0 Å². The molecule has 4 aromatic rings. The van der Waals surface area contributed by atoms with Crippen LogP contribution in [0.25, 0.3) is 17.1 Å². The van der Waals surface area contributed by atoms with Crippen LogP contribution >= 0.6 is 11.8 Å². The summed E-state index contributed by atoms with van der Waals surface area (Å²) in [5.41, 5.74) is 5.89. The third-order valence-corrected chi connectivity index (χ3v) is 6.43. The fourth-order valence-electron chi connectivity index (χ4n) is 3.46. The maximum atomic E-state index is 12.6. The molecule has 4 rings (SSSR count). The molecule has 37 heavy (non-hydrogen) atoms. The summed E-state index contributed by atoms with van der Waals surface area (Å²) in [6, 6.07) is 22.6. The van der Waals surface area contributed by atoms with Gasteiger partial charge in [-0.2, -0.15) is 5.10 Å². The number of carbonyl (C=O) groups is 1. The Kier molecular flexibility index (Phi) is 8.42. The second-order valence-electron chi connectivity index (χ2n) is 7.82. The van der Waals surface area contributed by atoms with Crippen LogP contribution in [0.5, 0.6) is 17.2 Å². The third kappa shape index (κ3) is 6.28. The van der Waals surface area contributed by atoms with Crippen molar-refractivity contribution in [3.8, 4) is 34.3 Å². The Morgan fingerprint density at radius 1 is 0.838 bits per heavy atom. The van der Waals surface area contributed by atoms with Crippen molar-refractivity contribution in [2.24, 2.45) is 5.10 Å². The van der Waals surface area contributed by atoms with Gasteiger partial charge in [0, 0.05) is 11.3 Å². The fourth-order valence-corrected chi connectivity index (χ4v) is 4.20. The van der Waals surface area contributed by atoms with Crippen molar-refractivity contribution >= 4 is 23.4 Å². The minimum atomic E-state index is -0.256. The van der Waals surface area contributed by atoms with Crippen molar-refractivity contribution in [2.75, 3.05) is 27.1 Å². The van der Waals surface area contributed by atoms with E-state index in [1.165, 1.54) is 11.8 Å². The smallest absolute Gasteiger partial charge is 0.250 e. The number of methoxy groups -OCH3 is 3. The van der Waals surface area contributed by atoms with Gasteiger partial charge in [-0.1, -0.05) is 11.8 Å². The summed E-state index contributed by atoms with van der Waals surface area (Å²) in [6.07, 6.45) is 0. The molecular formula is C27H27N5O4S. The van der Waals surface area contributed by atoms with Gasteiger partial charge in [0.25, 0.3) is 5.91 Å². The summed E-state index contributed by atoms with van der Waals surface area (Å²) in [4.78, 5) is 12.6. The molecule has 0 unspecified atom stereocenters. The fraction of sp³-hybridized carbons (Fsp3) is 0.185. The average Bonchev–Trinajstić information content (AvgIpc) is 3.38. The molecule has 0 atom stereocenters. The zero-order valence-electron chi connectivity index (χ0n) is 21.0. The minimum absolute atomic E-state index is 0.107. The Hall–Kier alpha value is -4.31. The molecular weight excluding hydrogens is 490 g/mol. The first kappa shape index (κ1) is 25.8. The van der Waals surface area contributed by atoms with Crippen LogP contribution in [-0.2, 0) is 4.79 Å². The van der Waals surface area contributed by atoms with Gasteiger partial charge < -0.3 is 14.2 Å². The number of aromatic nitrogens is 3. The number of nitrogens with one attached hydrogen (secondary N) is 1. The highest BCUT2D eigenvalue weighted by Crippen LogP contribution is 2.29. The molecule has 1 amide bonds. The van der Waals surface area contributed by atoms with Crippen molar-refractivity contribution in [1.29, 1.82) is 0 Å². The number of hydrogen-bond acceptors (Lipinski definition) is 8. The highest BCUT2D eigenvalue weighted by molar-refractivity contribution is 7.99. The van der Waals surface area contributed by atoms with Gasteiger partial charge in [-0.15, -0.1) is 10.2 Å². The second-order valence-corrected chi connectivity index (χ2v) is 8.76. The van der Waals surface area contributed by atoms with Crippen molar-refractivity contribution in [3.63, 3.8) is 0 Å². The van der Waals surface area contributed by atoms with Crippen LogP contribution in [0.4, 0.5) is 0 Å². The van der Waals surface area contributed by atoms with Crippen LogP contribution in [-0.4, -0.2) is 53.5 Å². The number of hydrazone groups is 1. The minimum Gasteiger partial charge on any atom is -0.497 e. The first-order valence-electron chi connectivity index (χ1n) is 11.4.